The van der Waals surface area contributed by atoms with Gasteiger partial charge in [0.25, 0.3) is 0 Å². The first-order valence-electron chi connectivity index (χ1n) is 9.06. The number of nitrogens with one attached hydrogen (secondary N) is 1. The van der Waals surface area contributed by atoms with Crippen LogP contribution in [-0.4, -0.2) is 30.3 Å². The molecule has 1 aliphatic heterocycles. The fraction of sp³-hybridized carbons (Fsp3) is 0.500. The monoisotopic (exact) mass is 395 g/mol. The van der Waals surface area contributed by atoms with Gasteiger partial charge in [0, 0.05) is 30.9 Å². The van der Waals surface area contributed by atoms with Gasteiger partial charge in [-0.15, -0.1) is 13.2 Å². The van der Waals surface area contributed by atoms with E-state index in [-0.39, 0.29) is 29.5 Å². The SMILES string of the molecule is CC(C)=C(C)N1CCC[C@@H](C(=O)NCc2ccc(C#N)cc2OC(F)(F)F)C1. The summed E-state index contributed by atoms with van der Waals surface area (Å²) in [5, 5.41) is 11.6. The number of amides is 1. The summed E-state index contributed by atoms with van der Waals surface area (Å²) < 4.78 is 41.9. The number of carbonyl (C=O) groups excluding carboxylic acids is 1. The summed E-state index contributed by atoms with van der Waals surface area (Å²) in [4.78, 5) is 14.7. The minimum atomic E-state index is -4.88. The van der Waals surface area contributed by atoms with Crippen molar-refractivity contribution in [3.63, 3.8) is 0 Å². The van der Waals surface area contributed by atoms with Crippen molar-refractivity contribution in [2.45, 2.75) is 46.5 Å². The van der Waals surface area contributed by atoms with E-state index in [0.717, 1.165) is 31.1 Å². The van der Waals surface area contributed by atoms with Gasteiger partial charge >= 0.3 is 6.36 Å². The summed E-state index contributed by atoms with van der Waals surface area (Å²) in [6.45, 7) is 7.43. The molecule has 0 unspecified atom stereocenters. The Morgan fingerprint density at radius 2 is 2.07 bits per heavy atom. The Kier molecular flexibility index (Phi) is 6.95. The number of hydrogen-bond donors (Lipinski definition) is 1. The van der Waals surface area contributed by atoms with Crippen LogP contribution in [-0.2, 0) is 11.3 Å². The highest BCUT2D eigenvalue weighted by Gasteiger charge is 2.32. The number of rotatable bonds is 5. The largest absolute Gasteiger partial charge is 0.573 e. The molecule has 1 saturated heterocycles. The summed E-state index contributed by atoms with van der Waals surface area (Å²) in [5.41, 5.74) is 2.55. The summed E-state index contributed by atoms with van der Waals surface area (Å²) in [5.74, 6) is -0.903. The summed E-state index contributed by atoms with van der Waals surface area (Å²) >= 11 is 0. The molecule has 1 N–H and O–H groups in total. The van der Waals surface area contributed by atoms with E-state index in [1.807, 2.05) is 20.8 Å². The number of ether oxygens (including phenoxy) is 1. The quantitative estimate of drug-likeness (QED) is 0.815. The Labute approximate surface area is 162 Å². The molecule has 0 saturated carbocycles. The number of hydrogen-bond acceptors (Lipinski definition) is 4. The number of halogens is 3. The van der Waals surface area contributed by atoms with Gasteiger partial charge in [-0.2, -0.15) is 5.26 Å². The van der Waals surface area contributed by atoms with Gasteiger partial charge in [-0.1, -0.05) is 11.6 Å². The van der Waals surface area contributed by atoms with Crippen molar-refractivity contribution in [3.05, 3.63) is 40.6 Å². The Morgan fingerprint density at radius 1 is 1.36 bits per heavy atom. The van der Waals surface area contributed by atoms with E-state index >= 15 is 0 Å². The Bertz CT molecular complexity index is 793. The maximum atomic E-state index is 12.6. The molecule has 1 aliphatic rings. The lowest BCUT2D eigenvalue weighted by Crippen LogP contribution is -2.42. The molecule has 5 nitrogen and oxygen atoms in total. The van der Waals surface area contributed by atoms with Crippen molar-refractivity contribution in [1.82, 2.24) is 10.2 Å². The lowest BCUT2D eigenvalue weighted by atomic mass is 9.96. The number of benzene rings is 1. The van der Waals surface area contributed by atoms with E-state index in [4.69, 9.17) is 5.26 Å². The van der Waals surface area contributed by atoms with Crippen LogP contribution >= 0.6 is 0 Å². The molecule has 8 heteroatoms. The molecule has 0 radical (unpaired) electrons. The molecule has 0 bridgehead atoms. The van der Waals surface area contributed by atoms with Gasteiger partial charge in [-0.25, -0.2) is 0 Å². The van der Waals surface area contributed by atoms with Gasteiger partial charge in [0.15, 0.2) is 0 Å². The third kappa shape index (κ3) is 5.91. The second-order valence-electron chi connectivity index (χ2n) is 7.07. The molecule has 1 aromatic carbocycles. The zero-order valence-electron chi connectivity index (χ0n) is 16.2. The fourth-order valence-corrected chi connectivity index (χ4v) is 3.13. The molecule has 2 rings (SSSR count). The number of nitrogens with zero attached hydrogens (tertiary/aromatic N) is 2. The molecule has 0 aromatic heterocycles. The zero-order chi connectivity index (χ0) is 20.9. The van der Waals surface area contributed by atoms with Crippen LogP contribution in [0.5, 0.6) is 5.75 Å². The average molecular weight is 395 g/mol. The second-order valence-corrected chi connectivity index (χ2v) is 7.07. The number of nitriles is 1. The van der Waals surface area contributed by atoms with Crippen molar-refractivity contribution in [2.24, 2.45) is 5.92 Å². The molecule has 1 aromatic rings. The van der Waals surface area contributed by atoms with Crippen LogP contribution in [0.1, 0.15) is 44.7 Å². The maximum Gasteiger partial charge on any atom is 0.573 e. The molecule has 28 heavy (non-hydrogen) atoms. The fourth-order valence-electron chi connectivity index (χ4n) is 3.13. The minimum Gasteiger partial charge on any atom is -0.405 e. The Hall–Kier alpha value is -2.69. The molecular formula is C20H24F3N3O2. The highest BCUT2D eigenvalue weighted by Crippen LogP contribution is 2.28. The Morgan fingerprint density at radius 3 is 2.68 bits per heavy atom. The van der Waals surface area contributed by atoms with Gasteiger partial charge in [0.2, 0.25) is 5.91 Å². The van der Waals surface area contributed by atoms with E-state index in [1.54, 1.807) is 6.07 Å². The third-order valence-electron chi connectivity index (χ3n) is 4.87. The molecule has 1 fully saturated rings. The van der Waals surface area contributed by atoms with E-state index in [9.17, 15) is 18.0 Å². The normalized spacial score (nSPS) is 16.9. The first-order chi connectivity index (χ1) is 13.1. The van der Waals surface area contributed by atoms with E-state index in [2.05, 4.69) is 15.0 Å². The van der Waals surface area contributed by atoms with E-state index in [1.165, 1.54) is 17.7 Å². The predicted octanol–water partition coefficient (Wildman–Crippen LogP) is 4.10. The first-order valence-corrected chi connectivity index (χ1v) is 9.06. The minimum absolute atomic E-state index is 0.0504. The van der Waals surface area contributed by atoms with Crippen LogP contribution in [0.25, 0.3) is 0 Å². The Balaban J connectivity index is 2.06. The van der Waals surface area contributed by atoms with Gasteiger partial charge in [0.05, 0.1) is 17.6 Å². The van der Waals surface area contributed by atoms with Crippen LogP contribution in [0.4, 0.5) is 13.2 Å². The maximum absolute atomic E-state index is 12.6. The summed E-state index contributed by atoms with van der Waals surface area (Å²) in [6, 6.07) is 5.56. The van der Waals surface area contributed by atoms with Crippen molar-refractivity contribution in [2.75, 3.05) is 13.1 Å². The van der Waals surface area contributed by atoms with Gasteiger partial charge < -0.3 is 15.0 Å². The predicted molar refractivity (Wildman–Crippen MR) is 98.0 cm³/mol. The summed E-state index contributed by atoms with van der Waals surface area (Å²) in [7, 11) is 0. The van der Waals surface area contributed by atoms with Crippen LogP contribution in [0, 0.1) is 17.2 Å². The molecular weight excluding hydrogens is 371 g/mol. The topological polar surface area (TPSA) is 65.4 Å². The molecule has 0 aliphatic carbocycles. The molecule has 0 spiro atoms. The molecule has 1 atom stereocenters. The highest BCUT2D eigenvalue weighted by molar-refractivity contribution is 5.79. The van der Waals surface area contributed by atoms with Gasteiger partial charge in [-0.3, -0.25) is 4.79 Å². The highest BCUT2D eigenvalue weighted by atomic mass is 19.4. The third-order valence-corrected chi connectivity index (χ3v) is 4.87. The first kappa shape index (κ1) is 21.6. The van der Waals surface area contributed by atoms with Crippen LogP contribution < -0.4 is 10.1 Å². The smallest absolute Gasteiger partial charge is 0.405 e. The summed E-state index contributed by atoms with van der Waals surface area (Å²) in [6.07, 6.45) is -3.27. The van der Waals surface area contributed by atoms with Gasteiger partial charge in [0.1, 0.15) is 5.75 Å². The van der Waals surface area contributed by atoms with Gasteiger partial charge in [-0.05, 0) is 45.7 Å². The van der Waals surface area contributed by atoms with Crippen molar-refractivity contribution in [3.8, 4) is 11.8 Å². The van der Waals surface area contributed by atoms with Crippen molar-refractivity contribution >= 4 is 5.91 Å². The molecule has 1 heterocycles. The second kappa shape index (κ2) is 9.00. The number of piperidine rings is 1. The lowest BCUT2D eigenvalue weighted by molar-refractivity contribution is -0.274. The number of carbonyl (C=O) groups is 1. The van der Waals surface area contributed by atoms with Crippen LogP contribution in [0.3, 0.4) is 0 Å². The molecule has 152 valence electrons. The zero-order valence-corrected chi connectivity index (χ0v) is 16.2. The molecule has 1 amide bonds. The van der Waals surface area contributed by atoms with E-state index < -0.39 is 12.1 Å². The van der Waals surface area contributed by atoms with Crippen LogP contribution in [0.15, 0.2) is 29.5 Å². The number of alkyl halides is 3. The van der Waals surface area contributed by atoms with Crippen molar-refractivity contribution < 1.29 is 22.7 Å². The number of allylic oxidation sites excluding steroid dienone is 2. The van der Waals surface area contributed by atoms with Crippen LogP contribution in [0.2, 0.25) is 0 Å². The standard InChI is InChI=1S/C20H24F3N3O2/c1-13(2)14(3)26-8-4-5-17(12-26)19(27)25-11-16-7-6-15(10-24)9-18(16)28-20(21,22)23/h6-7,9,17H,4-5,8,11-12H2,1-3H3,(H,25,27)/t17-/m1/s1. The van der Waals surface area contributed by atoms with Crippen molar-refractivity contribution in [1.29, 1.82) is 5.26 Å². The van der Waals surface area contributed by atoms with E-state index in [0.29, 0.717) is 6.54 Å². The number of likely N-dealkylation sites (tertiary alicyclic amines) is 1. The lowest BCUT2D eigenvalue weighted by Gasteiger charge is -2.35. The average Bonchev–Trinajstić information content (AvgIpc) is 2.64.